The SMILES string of the molecule is CC(Cc1nnc(SC(C(=O)NC2CCCC2)C(C)C)o1)c1ccccc1. The summed E-state index contributed by atoms with van der Waals surface area (Å²) in [5, 5.41) is 11.8. The van der Waals surface area contributed by atoms with Crippen LogP contribution in [0.1, 0.15) is 63.8 Å². The van der Waals surface area contributed by atoms with Gasteiger partial charge in [-0.3, -0.25) is 4.79 Å². The summed E-state index contributed by atoms with van der Waals surface area (Å²) < 4.78 is 5.84. The fraction of sp³-hybridized carbons (Fsp3) is 0.571. The highest BCUT2D eigenvalue weighted by atomic mass is 32.2. The van der Waals surface area contributed by atoms with Gasteiger partial charge < -0.3 is 9.73 Å². The number of carbonyl (C=O) groups excluding carboxylic acids is 1. The number of carbonyl (C=O) groups is 1. The average molecular weight is 388 g/mol. The third-order valence-corrected chi connectivity index (χ3v) is 6.47. The van der Waals surface area contributed by atoms with E-state index in [0.717, 1.165) is 12.8 Å². The molecule has 146 valence electrons. The first-order chi connectivity index (χ1) is 13.0. The average Bonchev–Trinajstić information content (AvgIpc) is 3.32. The fourth-order valence-corrected chi connectivity index (χ4v) is 4.38. The first kappa shape index (κ1) is 19.9. The number of aromatic nitrogens is 2. The normalized spacial score (nSPS) is 17.2. The summed E-state index contributed by atoms with van der Waals surface area (Å²) >= 11 is 1.38. The topological polar surface area (TPSA) is 68.0 Å². The van der Waals surface area contributed by atoms with Crippen molar-refractivity contribution in [2.45, 2.75) is 75.3 Å². The molecule has 2 aromatic rings. The van der Waals surface area contributed by atoms with E-state index < -0.39 is 0 Å². The zero-order valence-electron chi connectivity index (χ0n) is 16.4. The Kier molecular flexibility index (Phi) is 6.94. The Balaban J connectivity index is 1.59. The molecular formula is C21H29N3O2S. The summed E-state index contributed by atoms with van der Waals surface area (Å²) in [5.74, 6) is 1.19. The lowest BCUT2D eigenvalue weighted by atomic mass is 9.98. The van der Waals surface area contributed by atoms with Crippen molar-refractivity contribution >= 4 is 17.7 Å². The van der Waals surface area contributed by atoms with Crippen LogP contribution in [0.3, 0.4) is 0 Å². The quantitative estimate of drug-likeness (QED) is 0.671. The summed E-state index contributed by atoms with van der Waals surface area (Å²) in [7, 11) is 0. The van der Waals surface area contributed by atoms with E-state index in [9.17, 15) is 4.79 Å². The molecular weight excluding hydrogens is 358 g/mol. The van der Waals surface area contributed by atoms with Crippen LogP contribution in [0.15, 0.2) is 40.0 Å². The van der Waals surface area contributed by atoms with Crippen molar-refractivity contribution in [2.75, 3.05) is 0 Å². The lowest BCUT2D eigenvalue weighted by Gasteiger charge is -2.20. The van der Waals surface area contributed by atoms with Gasteiger partial charge in [-0.05, 0) is 30.2 Å². The zero-order valence-corrected chi connectivity index (χ0v) is 17.2. The third kappa shape index (κ3) is 5.58. The van der Waals surface area contributed by atoms with Crippen LogP contribution in [-0.2, 0) is 11.2 Å². The molecule has 1 aromatic carbocycles. The molecule has 1 aliphatic carbocycles. The van der Waals surface area contributed by atoms with Crippen LogP contribution >= 0.6 is 11.8 Å². The zero-order chi connectivity index (χ0) is 19.2. The molecule has 27 heavy (non-hydrogen) atoms. The number of hydrogen-bond donors (Lipinski definition) is 1. The molecule has 0 aliphatic heterocycles. The van der Waals surface area contributed by atoms with Crippen molar-refractivity contribution in [1.29, 1.82) is 0 Å². The molecule has 2 unspecified atom stereocenters. The molecule has 6 heteroatoms. The van der Waals surface area contributed by atoms with E-state index in [1.807, 2.05) is 18.2 Å². The number of benzene rings is 1. The van der Waals surface area contributed by atoms with Gasteiger partial charge in [0.25, 0.3) is 5.22 Å². The van der Waals surface area contributed by atoms with Gasteiger partial charge in [0, 0.05) is 12.5 Å². The van der Waals surface area contributed by atoms with Crippen molar-refractivity contribution in [2.24, 2.45) is 5.92 Å². The third-order valence-electron chi connectivity index (χ3n) is 5.09. The Morgan fingerprint density at radius 2 is 1.89 bits per heavy atom. The maximum atomic E-state index is 12.7. The number of amides is 1. The first-order valence-corrected chi connectivity index (χ1v) is 10.7. The second-order valence-electron chi connectivity index (χ2n) is 7.75. The van der Waals surface area contributed by atoms with Gasteiger partial charge in [-0.1, -0.05) is 75.7 Å². The minimum absolute atomic E-state index is 0.0827. The Labute approximate surface area is 165 Å². The predicted molar refractivity (Wildman–Crippen MR) is 108 cm³/mol. The van der Waals surface area contributed by atoms with Gasteiger partial charge in [0.05, 0.1) is 5.25 Å². The van der Waals surface area contributed by atoms with Gasteiger partial charge in [0.2, 0.25) is 11.8 Å². The molecule has 0 bridgehead atoms. The highest BCUT2D eigenvalue weighted by molar-refractivity contribution is 8.00. The maximum Gasteiger partial charge on any atom is 0.277 e. The van der Waals surface area contributed by atoms with Crippen LogP contribution in [0.25, 0.3) is 0 Å². The standard InChI is InChI=1S/C21H29N3O2S/c1-14(2)19(20(25)22-17-11-7-8-12-17)27-21-24-23-18(26-21)13-15(3)16-9-5-4-6-10-16/h4-6,9-10,14-15,17,19H,7-8,11-13H2,1-3H3,(H,22,25). The molecule has 5 nitrogen and oxygen atoms in total. The van der Waals surface area contributed by atoms with Gasteiger partial charge >= 0.3 is 0 Å². The number of rotatable bonds is 8. The summed E-state index contributed by atoms with van der Waals surface area (Å²) in [6.45, 7) is 6.26. The van der Waals surface area contributed by atoms with E-state index in [2.05, 4.69) is 48.4 Å². The lowest BCUT2D eigenvalue weighted by Crippen LogP contribution is -2.40. The Morgan fingerprint density at radius 3 is 2.56 bits per heavy atom. The minimum atomic E-state index is -0.217. The molecule has 1 aliphatic rings. The van der Waals surface area contributed by atoms with Gasteiger partial charge in [-0.2, -0.15) is 0 Å². The van der Waals surface area contributed by atoms with E-state index in [0.29, 0.717) is 29.5 Å². The van der Waals surface area contributed by atoms with Crippen LogP contribution in [0.4, 0.5) is 0 Å². The number of nitrogens with one attached hydrogen (secondary N) is 1. The van der Waals surface area contributed by atoms with Crippen molar-refractivity contribution in [3.8, 4) is 0 Å². The number of hydrogen-bond acceptors (Lipinski definition) is 5. The van der Waals surface area contributed by atoms with E-state index in [1.165, 1.54) is 30.2 Å². The van der Waals surface area contributed by atoms with Crippen molar-refractivity contribution in [1.82, 2.24) is 15.5 Å². The van der Waals surface area contributed by atoms with Gasteiger partial charge in [0.1, 0.15) is 0 Å². The van der Waals surface area contributed by atoms with Gasteiger partial charge in [-0.15, -0.1) is 10.2 Å². The molecule has 3 rings (SSSR count). The molecule has 0 spiro atoms. The molecule has 1 aromatic heterocycles. The molecule has 0 radical (unpaired) electrons. The molecule has 1 fully saturated rings. The van der Waals surface area contributed by atoms with Gasteiger partial charge in [0.15, 0.2) is 0 Å². The van der Waals surface area contributed by atoms with Crippen LogP contribution < -0.4 is 5.32 Å². The minimum Gasteiger partial charge on any atom is -0.416 e. The Bertz CT molecular complexity index is 726. The van der Waals surface area contributed by atoms with Gasteiger partial charge in [-0.25, -0.2) is 0 Å². The Hall–Kier alpha value is -1.82. The highest BCUT2D eigenvalue weighted by Crippen LogP contribution is 2.29. The monoisotopic (exact) mass is 387 g/mol. The fourth-order valence-electron chi connectivity index (χ4n) is 3.48. The van der Waals surface area contributed by atoms with Crippen molar-refractivity contribution < 1.29 is 9.21 Å². The highest BCUT2D eigenvalue weighted by Gasteiger charge is 2.28. The van der Waals surface area contributed by atoms with Crippen LogP contribution in [0, 0.1) is 5.92 Å². The van der Waals surface area contributed by atoms with Crippen LogP contribution in [0.5, 0.6) is 0 Å². The largest absolute Gasteiger partial charge is 0.416 e. The van der Waals surface area contributed by atoms with E-state index in [4.69, 9.17) is 4.42 Å². The van der Waals surface area contributed by atoms with Crippen molar-refractivity contribution in [3.05, 3.63) is 41.8 Å². The summed E-state index contributed by atoms with van der Waals surface area (Å²) in [4.78, 5) is 12.7. The molecule has 1 N–H and O–H groups in total. The lowest BCUT2D eigenvalue weighted by molar-refractivity contribution is -0.121. The predicted octanol–water partition coefficient (Wildman–Crippen LogP) is 4.59. The molecule has 0 saturated heterocycles. The number of thioether (sulfide) groups is 1. The molecule has 1 heterocycles. The smallest absolute Gasteiger partial charge is 0.277 e. The summed E-state index contributed by atoms with van der Waals surface area (Å²) in [6, 6.07) is 10.6. The first-order valence-electron chi connectivity index (χ1n) is 9.87. The van der Waals surface area contributed by atoms with Crippen molar-refractivity contribution in [3.63, 3.8) is 0 Å². The van der Waals surface area contributed by atoms with E-state index in [1.54, 1.807) is 0 Å². The van der Waals surface area contributed by atoms with E-state index >= 15 is 0 Å². The van der Waals surface area contributed by atoms with E-state index in [-0.39, 0.29) is 17.1 Å². The second kappa shape index (κ2) is 9.40. The maximum absolute atomic E-state index is 12.7. The molecule has 1 saturated carbocycles. The number of nitrogens with zero attached hydrogens (tertiary/aromatic N) is 2. The van der Waals surface area contributed by atoms with Crippen LogP contribution in [0.2, 0.25) is 0 Å². The molecule has 1 amide bonds. The summed E-state index contributed by atoms with van der Waals surface area (Å²) in [5.41, 5.74) is 1.25. The van der Waals surface area contributed by atoms with Crippen LogP contribution in [-0.4, -0.2) is 27.4 Å². The molecule has 2 atom stereocenters. The Morgan fingerprint density at radius 1 is 1.19 bits per heavy atom. The second-order valence-corrected chi connectivity index (χ2v) is 8.84. The summed E-state index contributed by atoms with van der Waals surface area (Å²) in [6.07, 6.45) is 5.28.